The van der Waals surface area contributed by atoms with Crippen molar-refractivity contribution in [1.29, 1.82) is 0 Å². The van der Waals surface area contributed by atoms with Gasteiger partial charge in [-0.1, -0.05) is 44.0 Å². The van der Waals surface area contributed by atoms with E-state index >= 15 is 0 Å². The van der Waals surface area contributed by atoms with Gasteiger partial charge >= 0.3 is 0 Å². The minimum absolute atomic E-state index is 0.609. The fourth-order valence-electron chi connectivity index (χ4n) is 2.61. The van der Waals surface area contributed by atoms with Gasteiger partial charge in [-0.3, -0.25) is 0 Å². The Morgan fingerprint density at radius 2 is 1.81 bits per heavy atom. The van der Waals surface area contributed by atoms with Gasteiger partial charge in [-0.15, -0.1) is 0 Å². The molecule has 0 aliphatic heterocycles. The van der Waals surface area contributed by atoms with Crippen LogP contribution in [-0.2, 0) is 0 Å². The number of hydrogen-bond donors (Lipinski definition) is 4. The van der Waals surface area contributed by atoms with Gasteiger partial charge in [0, 0.05) is 23.0 Å². The van der Waals surface area contributed by atoms with Crippen molar-refractivity contribution in [1.82, 2.24) is 0 Å². The van der Waals surface area contributed by atoms with Crippen LogP contribution in [-0.4, -0.2) is 0 Å². The maximum absolute atomic E-state index is 6.54. The van der Waals surface area contributed by atoms with Crippen LogP contribution in [0.3, 0.4) is 0 Å². The molecule has 4 nitrogen and oxygen atoms in total. The molecule has 27 heavy (non-hydrogen) atoms. The van der Waals surface area contributed by atoms with E-state index in [2.05, 4.69) is 31.1 Å². The molecule has 1 aromatic carbocycles. The summed E-state index contributed by atoms with van der Waals surface area (Å²) in [4.78, 5) is 0. The Labute approximate surface area is 162 Å². The summed E-state index contributed by atoms with van der Waals surface area (Å²) < 4.78 is 0. The first-order chi connectivity index (χ1) is 12.8. The first kappa shape index (κ1) is 21.6. The van der Waals surface area contributed by atoms with Gasteiger partial charge in [-0.05, 0) is 61.4 Å². The number of hydrogen-bond acceptors (Lipinski definition) is 4. The first-order valence-electron chi connectivity index (χ1n) is 8.61. The smallest absolute Gasteiger partial charge is 0.0656 e. The van der Waals surface area contributed by atoms with Gasteiger partial charge in [0.05, 0.1) is 11.4 Å². The zero-order valence-corrected chi connectivity index (χ0v) is 16.5. The van der Waals surface area contributed by atoms with E-state index in [-0.39, 0.29) is 0 Å². The van der Waals surface area contributed by atoms with E-state index in [1.807, 2.05) is 32.9 Å². The van der Waals surface area contributed by atoms with Gasteiger partial charge in [0.1, 0.15) is 0 Å². The lowest BCUT2D eigenvalue weighted by Gasteiger charge is -2.21. The van der Waals surface area contributed by atoms with E-state index in [4.69, 9.17) is 17.2 Å². The molecule has 0 aliphatic carbocycles. The van der Waals surface area contributed by atoms with Crippen molar-refractivity contribution in [2.45, 2.75) is 20.8 Å². The molecular formula is C23H30N4. The number of nitrogen functional groups attached to an aromatic ring is 1. The highest BCUT2D eigenvalue weighted by Gasteiger charge is 2.15. The Bertz CT molecular complexity index is 865. The van der Waals surface area contributed by atoms with Crippen molar-refractivity contribution >= 4 is 16.9 Å². The molecule has 0 saturated carbocycles. The Morgan fingerprint density at radius 1 is 1.15 bits per heavy atom. The van der Waals surface area contributed by atoms with E-state index in [9.17, 15) is 0 Å². The Kier molecular flexibility index (Phi) is 7.95. The van der Waals surface area contributed by atoms with Gasteiger partial charge in [-0.25, -0.2) is 0 Å². The van der Waals surface area contributed by atoms with Crippen LogP contribution in [0.15, 0.2) is 85.4 Å². The van der Waals surface area contributed by atoms with Crippen LogP contribution in [0.4, 0.5) is 11.4 Å². The number of nitrogens with one attached hydrogen (secondary N) is 1. The number of anilines is 2. The van der Waals surface area contributed by atoms with Crippen LogP contribution in [0.2, 0.25) is 0 Å². The molecule has 142 valence electrons. The Hall–Kier alpha value is -3.40. The second-order valence-electron chi connectivity index (χ2n) is 6.14. The minimum atomic E-state index is 0.609. The van der Waals surface area contributed by atoms with Crippen LogP contribution in [0.25, 0.3) is 5.57 Å². The van der Waals surface area contributed by atoms with Crippen molar-refractivity contribution in [2.24, 2.45) is 11.5 Å². The highest BCUT2D eigenvalue weighted by Crippen LogP contribution is 2.37. The Morgan fingerprint density at radius 3 is 2.33 bits per heavy atom. The van der Waals surface area contributed by atoms with E-state index in [0.717, 1.165) is 39.1 Å². The standard InChI is InChI=1S/C23H30N4/c1-7-9-10-19(14-25)18(6)27-23-17(5)16(4)13-21(22(23)26)20(11-12-24)15(3)8-2/h7-14,27H,1-2,6,24-26H2,3-5H3/b10-9-,12-11-,19-14+,20-15+. The monoisotopic (exact) mass is 362 g/mol. The summed E-state index contributed by atoms with van der Waals surface area (Å²) >= 11 is 0. The SMILES string of the molecule is C=C/C=C\C(=C/N)C(=C)Nc1c(C)c(C)cc(C(/C=C\N)=C(\C)C=C)c1N. The maximum Gasteiger partial charge on any atom is 0.0656 e. The summed E-state index contributed by atoms with van der Waals surface area (Å²) in [6, 6.07) is 2.05. The van der Waals surface area contributed by atoms with Crippen LogP contribution < -0.4 is 22.5 Å². The lowest BCUT2D eigenvalue weighted by molar-refractivity contribution is 1.29. The summed E-state index contributed by atoms with van der Waals surface area (Å²) in [5.41, 5.74) is 25.6. The molecule has 0 aromatic heterocycles. The van der Waals surface area contributed by atoms with Gasteiger partial charge in [-0.2, -0.15) is 0 Å². The van der Waals surface area contributed by atoms with E-state index in [1.165, 1.54) is 12.4 Å². The van der Waals surface area contributed by atoms with Crippen molar-refractivity contribution in [2.75, 3.05) is 11.1 Å². The van der Waals surface area contributed by atoms with Crippen LogP contribution in [0, 0.1) is 13.8 Å². The second-order valence-corrected chi connectivity index (χ2v) is 6.14. The predicted molar refractivity (Wildman–Crippen MR) is 121 cm³/mol. The molecule has 0 radical (unpaired) electrons. The molecule has 4 heteroatoms. The zero-order valence-electron chi connectivity index (χ0n) is 16.5. The third-order valence-corrected chi connectivity index (χ3v) is 4.39. The summed E-state index contributed by atoms with van der Waals surface area (Å²) in [6.07, 6.45) is 11.9. The molecule has 0 fully saturated rings. The highest BCUT2D eigenvalue weighted by atomic mass is 14.9. The minimum Gasteiger partial charge on any atom is -0.405 e. The number of allylic oxidation sites excluding steroid dienone is 7. The molecule has 0 atom stereocenters. The van der Waals surface area contributed by atoms with E-state index in [0.29, 0.717) is 11.4 Å². The fraction of sp³-hybridized carbons (Fsp3) is 0.130. The summed E-state index contributed by atoms with van der Waals surface area (Å²) in [5, 5.41) is 3.32. The van der Waals surface area contributed by atoms with Crippen LogP contribution in [0.1, 0.15) is 23.6 Å². The van der Waals surface area contributed by atoms with Crippen molar-refractivity contribution in [3.63, 3.8) is 0 Å². The number of nitrogens with two attached hydrogens (primary N) is 3. The Balaban J connectivity index is 3.56. The predicted octanol–water partition coefficient (Wildman–Crippen LogP) is 4.83. The van der Waals surface area contributed by atoms with E-state index in [1.54, 1.807) is 18.2 Å². The van der Waals surface area contributed by atoms with Crippen molar-refractivity contribution < 1.29 is 0 Å². The fourth-order valence-corrected chi connectivity index (χ4v) is 2.61. The van der Waals surface area contributed by atoms with Gasteiger partial charge in [0.15, 0.2) is 0 Å². The number of benzene rings is 1. The van der Waals surface area contributed by atoms with Gasteiger partial charge < -0.3 is 22.5 Å². The molecule has 0 saturated heterocycles. The molecule has 1 aromatic rings. The highest BCUT2D eigenvalue weighted by molar-refractivity contribution is 5.91. The molecule has 1 rings (SSSR count). The number of aryl methyl sites for hydroxylation is 1. The normalized spacial score (nSPS) is 12.9. The lowest BCUT2D eigenvalue weighted by Crippen LogP contribution is -2.09. The quantitative estimate of drug-likeness (QED) is 0.394. The van der Waals surface area contributed by atoms with Gasteiger partial charge in [0.2, 0.25) is 0 Å². The average molecular weight is 363 g/mol. The molecule has 7 N–H and O–H groups in total. The maximum atomic E-state index is 6.54. The number of rotatable bonds is 8. The molecule has 0 unspecified atom stereocenters. The molecule has 0 heterocycles. The topological polar surface area (TPSA) is 90.1 Å². The lowest BCUT2D eigenvalue weighted by atomic mass is 9.93. The van der Waals surface area contributed by atoms with E-state index < -0.39 is 0 Å². The molecular weight excluding hydrogens is 332 g/mol. The van der Waals surface area contributed by atoms with Crippen LogP contribution in [0.5, 0.6) is 0 Å². The molecule has 0 aliphatic rings. The summed E-state index contributed by atoms with van der Waals surface area (Å²) in [6.45, 7) is 17.6. The average Bonchev–Trinajstić information content (AvgIpc) is 2.66. The summed E-state index contributed by atoms with van der Waals surface area (Å²) in [7, 11) is 0. The third kappa shape index (κ3) is 5.05. The largest absolute Gasteiger partial charge is 0.405 e. The first-order valence-corrected chi connectivity index (χ1v) is 8.61. The van der Waals surface area contributed by atoms with Crippen LogP contribution >= 0.6 is 0 Å². The molecule has 0 bridgehead atoms. The second kappa shape index (κ2) is 9.92. The van der Waals surface area contributed by atoms with Crippen molar-refractivity contribution in [3.05, 3.63) is 102 Å². The molecule has 0 amide bonds. The zero-order chi connectivity index (χ0) is 20.6. The summed E-state index contributed by atoms with van der Waals surface area (Å²) in [5.74, 6) is 0. The van der Waals surface area contributed by atoms with Crippen molar-refractivity contribution in [3.8, 4) is 0 Å². The molecule has 0 spiro atoms. The van der Waals surface area contributed by atoms with Gasteiger partial charge in [0.25, 0.3) is 0 Å². The third-order valence-electron chi connectivity index (χ3n) is 4.39.